The topological polar surface area (TPSA) is 66.5 Å². The molecule has 110 valence electrons. The van der Waals surface area contributed by atoms with E-state index in [2.05, 4.69) is 5.32 Å². The Kier molecular flexibility index (Phi) is 4.84. The number of likely N-dealkylation sites (tertiary alicyclic amines) is 1. The van der Waals surface area contributed by atoms with Gasteiger partial charge in [0.15, 0.2) is 9.84 Å². The van der Waals surface area contributed by atoms with E-state index < -0.39 is 9.84 Å². The van der Waals surface area contributed by atoms with Crippen molar-refractivity contribution in [3.05, 3.63) is 0 Å². The molecule has 1 aliphatic carbocycles. The van der Waals surface area contributed by atoms with Gasteiger partial charge in [0, 0.05) is 38.4 Å². The Hall–Kier alpha value is -0.620. The van der Waals surface area contributed by atoms with Gasteiger partial charge in [-0.3, -0.25) is 4.79 Å². The Morgan fingerprint density at radius 3 is 2.53 bits per heavy atom. The highest BCUT2D eigenvalue weighted by Gasteiger charge is 2.34. The molecule has 0 aromatic carbocycles. The van der Waals surface area contributed by atoms with Crippen molar-refractivity contribution in [3.8, 4) is 0 Å². The summed E-state index contributed by atoms with van der Waals surface area (Å²) in [5.74, 6) is 0.193. The van der Waals surface area contributed by atoms with E-state index in [1.54, 1.807) is 0 Å². The molecule has 2 unspecified atom stereocenters. The van der Waals surface area contributed by atoms with Crippen molar-refractivity contribution in [3.63, 3.8) is 0 Å². The molecule has 1 saturated carbocycles. The summed E-state index contributed by atoms with van der Waals surface area (Å²) < 4.78 is 23.3. The molecule has 19 heavy (non-hydrogen) atoms. The Morgan fingerprint density at radius 2 is 1.89 bits per heavy atom. The van der Waals surface area contributed by atoms with Crippen molar-refractivity contribution in [1.29, 1.82) is 0 Å². The molecule has 0 aromatic heterocycles. The number of nitrogens with one attached hydrogen (secondary N) is 1. The van der Waals surface area contributed by atoms with Crippen molar-refractivity contribution in [2.45, 2.75) is 49.8 Å². The molecule has 0 spiro atoms. The van der Waals surface area contributed by atoms with Crippen LogP contribution >= 0.6 is 0 Å². The SMILES string of the molecule is CS(=O)(=O)C1CCCC1NCCC(=O)N1CCCC1. The van der Waals surface area contributed by atoms with Gasteiger partial charge in [0.2, 0.25) is 5.91 Å². The summed E-state index contributed by atoms with van der Waals surface area (Å²) in [5.41, 5.74) is 0. The van der Waals surface area contributed by atoms with E-state index in [4.69, 9.17) is 0 Å². The van der Waals surface area contributed by atoms with Crippen LogP contribution in [0.25, 0.3) is 0 Å². The molecule has 1 N–H and O–H groups in total. The van der Waals surface area contributed by atoms with Crippen LogP contribution in [0.3, 0.4) is 0 Å². The van der Waals surface area contributed by atoms with E-state index in [0.29, 0.717) is 13.0 Å². The van der Waals surface area contributed by atoms with Crippen molar-refractivity contribution in [1.82, 2.24) is 10.2 Å². The standard InChI is InChI=1S/C13H24N2O3S/c1-19(17,18)12-6-4-5-11(12)14-8-7-13(16)15-9-2-3-10-15/h11-12,14H,2-10H2,1H3. The van der Waals surface area contributed by atoms with Crippen LogP contribution in [0.4, 0.5) is 0 Å². The van der Waals surface area contributed by atoms with Crippen molar-refractivity contribution >= 4 is 15.7 Å². The minimum atomic E-state index is -2.98. The second-order valence-corrected chi connectivity index (χ2v) is 7.96. The molecule has 1 heterocycles. The maximum absolute atomic E-state index is 11.9. The van der Waals surface area contributed by atoms with Gasteiger partial charge < -0.3 is 10.2 Å². The lowest BCUT2D eigenvalue weighted by atomic mass is 10.2. The molecule has 2 fully saturated rings. The van der Waals surface area contributed by atoms with Crippen LogP contribution in [0, 0.1) is 0 Å². The molecule has 2 rings (SSSR count). The van der Waals surface area contributed by atoms with Gasteiger partial charge in [0.1, 0.15) is 0 Å². The predicted octanol–water partition coefficient (Wildman–Crippen LogP) is 0.554. The first-order chi connectivity index (χ1) is 8.98. The molecule has 0 aromatic rings. The summed E-state index contributed by atoms with van der Waals surface area (Å²) in [7, 11) is -2.98. The molecular formula is C13H24N2O3S. The smallest absolute Gasteiger partial charge is 0.223 e. The Bertz CT molecular complexity index is 416. The quantitative estimate of drug-likeness (QED) is 0.802. The van der Waals surface area contributed by atoms with Crippen LogP contribution in [0.15, 0.2) is 0 Å². The average molecular weight is 288 g/mol. The molecule has 1 aliphatic heterocycles. The van der Waals surface area contributed by atoms with Crippen LogP contribution in [0.5, 0.6) is 0 Å². The number of hydrogen-bond acceptors (Lipinski definition) is 4. The number of hydrogen-bond donors (Lipinski definition) is 1. The highest BCUT2D eigenvalue weighted by Crippen LogP contribution is 2.25. The first-order valence-corrected chi connectivity index (χ1v) is 9.14. The van der Waals surface area contributed by atoms with Crippen molar-refractivity contribution < 1.29 is 13.2 Å². The van der Waals surface area contributed by atoms with Gasteiger partial charge in [0.05, 0.1) is 5.25 Å². The summed E-state index contributed by atoms with van der Waals surface area (Å²) in [4.78, 5) is 13.8. The number of amides is 1. The maximum atomic E-state index is 11.9. The zero-order chi connectivity index (χ0) is 13.9. The van der Waals surface area contributed by atoms with E-state index in [9.17, 15) is 13.2 Å². The maximum Gasteiger partial charge on any atom is 0.223 e. The molecule has 2 aliphatic rings. The van der Waals surface area contributed by atoms with Crippen LogP contribution < -0.4 is 5.32 Å². The summed E-state index contributed by atoms with van der Waals surface area (Å²) in [6.07, 6.45) is 6.61. The first kappa shape index (κ1) is 14.8. The van der Waals surface area contributed by atoms with E-state index >= 15 is 0 Å². The fourth-order valence-corrected chi connectivity index (χ4v) is 4.59. The van der Waals surface area contributed by atoms with Gasteiger partial charge in [-0.15, -0.1) is 0 Å². The second-order valence-electron chi connectivity index (χ2n) is 5.70. The highest BCUT2D eigenvalue weighted by atomic mass is 32.2. The average Bonchev–Trinajstić information content (AvgIpc) is 2.98. The third-order valence-corrected chi connectivity index (χ3v) is 5.87. The van der Waals surface area contributed by atoms with Crippen molar-refractivity contribution in [2.75, 3.05) is 25.9 Å². The van der Waals surface area contributed by atoms with Gasteiger partial charge >= 0.3 is 0 Å². The zero-order valence-corrected chi connectivity index (χ0v) is 12.4. The van der Waals surface area contributed by atoms with E-state index in [0.717, 1.165) is 45.2 Å². The summed E-state index contributed by atoms with van der Waals surface area (Å²) in [6.45, 7) is 2.36. The largest absolute Gasteiger partial charge is 0.343 e. The van der Waals surface area contributed by atoms with Gasteiger partial charge in [-0.2, -0.15) is 0 Å². The van der Waals surface area contributed by atoms with Crippen LogP contribution in [-0.4, -0.2) is 56.4 Å². The number of nitrogens with zero attached hydrogens (tertiary/aromatic N) is 1. The molecule has 1 saturated heterocycles. The van der Waals surface area contributed by atoms with Crippen LogP contribution in [0.1, 0.15) is 38.5 Å². The fourth-order valence-electron chi connectivity index (χ4n) is 3.16. The minimum Gasteiger partial charge on any atom is -0.343 e. The van der Waals surface area contributed by atoms with E-state index in [1.165, 1.54) is 6.26 Å². The molecule has 0 radical (unpaired) electrons. The highest BCUT2D eigenvalue weighted by molar-refractivity contribution is 7.91. The lowest BCUT2D eigenvalue weighted by Crippen LogP contribution is -2.41. The number of rotatable bonds is 5. The number of carbonyl (C=O) groups excluding carboxylic acids is 1. The third-order valence-electron chi connectivity index (χ3n) is 4.21. The zero-order valence-electron chi connectivity index (χ0n) is 11.6. The van der Waals surface area contributed by atoms with Gasteiger partial charge in [-0.25, -0.2) is 8.42 Å². The fraction of sp³-hybridized carbons (Fsp3) is 0.923. The summed E-state index contributed by atoms with van der Waals surface area (Å²) in [6, 6.07) is 0.0291. The Labute approximate surface area is 115 Å². The molecule has 6 heteroatoms. The van der Waals surface area contributed by atoms with Gasteiger partial charge in [0.25, 0.3) is 0 Å². The molecule has 1 amide bonds. The molecule has 2 atom stereocenters. The van der Waals surface area contributed by atoms with E-state index in [-0.39, 0.29) is 17.2 Å². The minimum absolute atomic E-state index is 0.0291. The number of carbonyl (C=O) groups is 1. The van der Waals surface area contributed by atoms with Crippen LogP contribution in [0.2, 0.25) is 0 Å². The Morgan fingerprint density at radius 1 is 1.21 bits per heavy atom. The Balaban J connectivity index is 1.74. The molecule has 5 nitrogen and oxygen atoms in total. The number of sulfone groups is 1. The molecule has 0 bridgehead atoms. The summed E-state index contributed by atoms with van der Waals surface area (Å²) >= 11 is 0. The van der Waals surface area contributed by atoms with Gasteiger partial charge in [-0.1, -0.05) is 6.42 Å². The van der Waals surface area contributed by atoms with Gasteiger partial charge in [-0.05, 0) is 25.7 Å². The lowest BCUT2D eigenvalue weighted by molar-refractivity contribution is -0.130. The molecular weight excluding hydrogens is 264 g/mol. The normalized spacial score (nSPS) is 27.9. The first-order valence-electron chi connectivity index (χ1n) is 7.18. The van der Waals surface area contributed by atoms with Crippen molar-refractivity contribution in [2.24, 2.45) is 0 Å². The predicted molar refractivity (Wildman–Crippen MR) is 74.7 cm³/mol. The van der Waals surface area contributed by atoms with Crippen LogP contribution in [-0.2, 0) is 14.6 Å². The summed E-state index contributed by atoms with van der Waals surface area (Å²) in [5, 5.41) is 3.00. The second kappa shape index (κ2) is 6.22. The monoisotopic (exact) mass is 288 g/mol. The van der Waals surface area contributed by atoms with E-state index in [1.807, 2.05) is 4.90 Å². The third kappa shape index (κ3) is 3.92. The lowest BCUT2D eigenvalue weighted by Gasteiger charge is -2.20.